The molecular formula is C10H12N4O. The van der Waals surface area contributed by atoms with E-state index in [9.17, 15) is 4.79 Å². The highest BCUT2D eigenvalue weighted by Crippen LogP contribution is 2.05. The van der Waals surface area contributed by atoms with Gasteiger partial charge in [0.15, 0.2) is 5.65 Å². The zero-order valence-electron chi connectivity index (χ0n) is 8.47. The first-order chi connectivity index (χ1) is 7.20. The van der Waals surface area contributed by atoms with Crippen molar-refractivity contribution in [2.75, 3.05) is 0 Å². The van der Waals surface area contributed by atoms with Gasteiger partial charge < -0.3 is 5.73 Å². The highest BCUT2D eigenvalue weighted by molar-refractivity contribution is 5.91. The van der Waals surface area contributed by atoms with Crippen LogP contribution >= 0.6 is 0 Å². The number of nitrogens with zero attached hydrogens (tertiary/aromatic N) is 3. The molecule has 78 valence electrons. The number of hydrogen-bond acceptors (Lipinski definition) is 3. The third-order valence-corrected chi connectivity index (χ3v) is 2.13. The largest absolute Gasteiger partial charge is 0.364 e. The van der Waals surface area contributed by atoms with Crippen molar-refractivity contribution in [3.05, 3.63) is 29.7 Å². The molecule has 15 heavy (non-hydrogen) atoms. The van der Waals surface area contributed by atoms with Crippen molar-refractivity contribution < 1.29 is 4.79 Å². The Bertz CT molecular complexity index is 503. The Hall–Kier alpha value is -1.91. The van der Waals surface area contributed by atoms with Crippen LogP contribution in [-0.2, 0) is 6.42 Å². The summed E-state index contributed by atoms with van der Waals surface area (Å²) in [5, 5.41) is 4.31. The average molecular weight is 204 g/mol. The maximum Gasteiger partial charge on any atom is 0.268 e. The van der Waals surface area contributed by atoms with Gasteiger partial charge in [-0.05, 0) is 18.6 Å². The Balaban J connectivity index is 2.47. The van der Waals surface area contributed by atoms with Crippen LogP contribution in [0, 0.1) is 0 Å². The van der Waals surface area contributed by atoms with Crippen molar-refractivity contribution in [1.29, 1.82) is 0 Å². The number of carbonyl (C=O) groups excluding carboxylic acids is 1. The maximum absolute atomic E-state index is 10.9. The molecule has 0 aliphatic rings. The molecule has 0 aliphatic heterocycles. The molecule has 0 bridgehead atoms. The highest BCUT2D eigenvalue weighted by atomic mass is 16.1. The molecule has 0 spiro atoms. The van der Waals surface area contributed by atoms with E-state index in [4.69, 9.17) is 5.73 Å². The van der Waals surface area contributed by atoms with Gasteiger partial charge in [-0.1, -0.05) is 13.3 Å². The molecule has 5 nitrogen and oxygen atoms in total. The number of aromatic nitrogens is 3. The van der Waals surface area contributed by atoms with Gasteiger partial charge >= 0.3 is 0 Å². The predicted molar refractivity (Wildman–Crippen MR) is 55.5 cm³/mol. The first-order valence-corrected chi connectivity index (χ1v) is 4.86. The lowest BCUT2D eigenvalue weighted by atomic mass is 10.2. The summed E-state index contributed by atoms with van der Waals surface area (Å²) >= 11 is 0. The fourth-order valence-corrected chi connectivity index (χ4v) is 1.43. The molecular weight excluding hydrogens is 192 g/mol. The summed E-state index contributed by atoms with van der Waals surface area (Å²) in [6.45, 7) is 2.09. The molecule has 2 N–H and O–H groups in total. The molecule has 0 aromatic carbocycles. The molecule has 0 fully saturated rings. The molecule has 0 aliphatic carbocycles. The van der Waals surface area contributed by atoms with E-state index < -0.39 is 5.91 Å². The van der Waals surface area contributed by atoms with E-state index in [0.29, 0.717) is 5.65 Å². The molecule has 2 aromatic rings. The SMILES string of the molecule is CCCc1ccc2nc(C(N)=O)cn2n1. The van der Waals surface area contributed by atoms with Crippen LogP contribution in [-0.4, -0.2) is 20.5 Å². The van der Waals surface area contributed by atoms with Crippen molar-refractivity contribution in [3.63, 3.8) is 0 Å². The quantitative estimate of drug-likeness (QED) is 0.802. The van der Waals surface area contributed by atoms with Crippen LogP contribution in [0.1, 0.15) is 29.5 Å². The minimum atomic E-state index is -0.530. The zero-order valence-corrected chi connectivity index (χ0v) is 8.47. The Morgan fingerprint density at radius 2 is 2.33 bits per heavy atom. The minimum Gasteiger partial charge on any atom is -0.364 e. The maximum atomic E-state index is 10.9. The van der Waals surface area contributed by atoms with E-state index in [0.717, 1.165) is 18.5 Å². The van der Waals surface area contributed by atoms with Crippen molar-refractivity contribution >= 4 is 11.6 Å². The lowest BCUT2D eigenvalue weighted by Gasteiger charge is -1.97. The zero-order chi connectivity index (χ0) is 10.8. The van der Waals surface area contributed by atoms with Gasteiger partial charge in [0, 0.05) is 0 Å². The molecule has 2 heterocycles. The number of hydrogen-bond donors (Lipinski definition) is 1. The highest BCUT2D eigenvalue weighted by Gasteiger charge is 2.07. The summed E-state index contributed by atoms with van der Waals surface area (Å²) < 4.78 is 1.59. The second-order valence-electron chi connectivity index (χ2n) is 3.37. The molecule has 1 amide bonds. The number of nitrogens with two attached hydrogens (primary N) is 1. The van der Waals surface area contributed by atoms with E-state index in [2.05, 4.69) is 17.0 Å². The van der Waals surface area contributed by atoms with Crippen molar-refractivity contribution in [3.8, 4) is 0 Å². The van der Waals surface area contributed by atoms with E-state index in [1.807, 2.05) is 12.1 Å². The number of rotatable bonds is 3. The number of primary amides is 1. The summed E-state index contributed by atoms with van der Waals surface area (Å²) in [4.78, 5) is 14.9. The second kappa shape index (κ2) is 3.68. The van der Waals surface area contributed by atoms with Crippen molar-refractivity contribution in [2.45, 2.75) is 19.8 Å². The minimum absolute atomic E-state index is 0.246. The van der Waals surface area contributed by atoms with Gasteiger partial charge in [0.25, 0.3) is 5.91 Å². The first-order valence-electron chi connectivity index (χ1n) is 4.86. The predicted octanol–water partition coefficient (Wildman–Crippen LogP) is 0.781. The Morgan fingerprint density at radius 3 is 3.00 bits per heavy atom. The molecule has 2 aromatic heterocycles. The molecule has 5 heteroatoms. The summed E-state index contributed by atoms with van der Waals surface area (Å²) in [5.41, 5.74) is 7.01. The molecule has 0 saturated heterocycles. The molecule has 0 radical (unpaired) electrons. The first kappa shape index (κ1) is 9.64. The van der Waals surface area contributed by atoms with E-state index >= 15 is 0 Å². The Morgan fingerprint density at radius 1 is 1.53 bits per heavy atom. The van der Waals surface area contributed by atoms with Crippen LogP contribution in [0.5, 0.6) is 0 Å². The van der Waals surface area contributed by atoms with Gasteiger partial charge in [-0.2, -0.15) is 5.10 Å². The van der Waals surface area contributed by atoms with Crippen molar-refractivity contribution in [1.82, 2.24) is 14.6 Å². The molecule has 0 saturated carbocycles. The van der Waals surface area contributed by atoms with Gasteiger partial charge in [0.1, 0.15) is 5.69 Å². The van der Waals surface area contributed by atoms with Gasteiger partial charge in [0.2, 0.25) is 0 Å². The topological polar surface area (TPSA) is 73.3 Å². The second-order valence-corrected chi connectivity index (χ2v) is 3.37. The molecule has 0 atom stereocenters. The normalized spacial score (nSPS) is 10.7. The number of carbonyl (C=O) groups is 1. The standard InChI is InChI=1S/C10H12N4O/c1-2-3-7-4-5-9-12-8(10(11)15)6-14(9)13-7/h4-6H,2-3H2,1H3,(H2,11,15). The monoisotopic (exact) mass is 204 g/mol. The van der Waals surface area contributed by atoms with Crippen LogP contribution in [0.15, 0.2) is 18.3 Å². The number of fused-ring (bicyclic) bond motifs is 1. The van der Waals surface area contributed by atoms with Gasteiger partial charge in [-0.3, -0.25) is 4.79 Å². The lowest BCUT2D eigenvalue weighted by Crippen LogP contribution is -2.10. The van der Waals surface area contributed by atoms with Crippen LogP contribution in [0.3, 0.4) is 0 Å². The van der Waals surface area contributed by atoms with Crippen LogP contribution < -0.4 is 5.73 Å². The molecule has 2 rings (SSSR count). The number of amides is 1. The van der Waals surface area contributed by atoms with Crippen LogP contribution in [0.2, 0.25) is 0 Å². The van der Waals surface area contributed by atoms with Gasteiger partial charge in [-0.25, -0.2) is 9.50 Å². The lowest BCUT2D eigenvalue weighted by molar-refractivity contribution is 0.0996. The number of imidazole rings is 1. The third kappa shape index (κ3) is 1.81. The van der Waals surface area contributed by atoms with E-state index in [1.165, 1.54) is 0 Å². The summed E-state index contributed by atoms with van der Waals surface area (Å²) in [7, 11) is 0. The Labute approximate surface area is 86.9 Å². The third-order valence-electron chi connectivity index (χ3n) is 2.13. The van der Waals surface area contributed by atoms with E-state index in [1.54, 1.807) is 10.7 Å². The van der Waals surface area contributed by atoms with E-state index in [-0.39, 0.29) is 5.69 Å². The summed E-state index contributed by atoms with van der Waals surface area (Å²) in [6.07, 6.45) is 3.51. The summed E-state index contributed by atoms with van der Waals surface area (Å²) in [5.74, 6) is -0.530. The number of aryl methyl sites for hydroxylation is 1. The smallest absolute Gasteiger partial charge is 0.268 e. The molecule has 0 unspecified atom stereocenters. The van der Waals surface area contributed by atoms with Crippen LogP contribution in [0.25, 0.3) is 5.65 Å². The van der Waals surface area contributed by atoms with Gasteiger partial charge in [-0.15, -0.1) is 0 Å². The average Bonchev–Trinajstić information content (AvgIpc) is 2.61. The fraction of sp³-hybridized carbons (Fsp3) is 0.300. The fourth-order valence-electron chi connectivity index (χ4n) is 1.43. The summed E-state index contributed by atoms with van der Waals surface area (Å²) in [6, 6.07) is 3.75. The van der Waals surface area contributed by atoms with Crippen molar-refractivity contribution in [2.24, 2.45) is 5.73 Å². The van der Waals surface area contributed by atoms with Crippen LogP contribution in [0.4, 0.5) is 0 Å². The van der Waals surface area contributed by atoms with Gasteiger partial charge in [0.05, 0.1) is 11.9 Å². The Kier molecular flexibility index (Phi) is 2.37.